The molecule has 0 aromatic carbocycles. The average Bonchev–Trinajstić information content (AvgIpc) is 3.08. The molecule has 0 amide bonds. The number of rotatable bonds is 4. The maximum absolute atomic E-state index is 9.37. The summed E-state index contributed by atoms with van der Waals surface area (Å²) in [6, 6.07) is 15.9. The Morgan fingerprint density at radius 2 is 2.00 bits per heavy atom. The zero-order valence-electron chi connectivity index (χ0n) is 14.7. The number of pyridine rings is 2. The van der Waals surface area contributed by atoms with Crippen LogP contribution in [-0.4, -0.2) is 19.4 Å². The molecule has 0 saturated heterocycles. The summed E-state index contributed by atoms with van der Waals surface area (Å²) in [7, 11) is 0. The first-order valence-electron chi connectivity index (χ1n) is 8.47. The third kappa shape index (κ3) is 2.93. The smallest absolute Gasteiger partial charge is 0.150 e. The van der Waals surface area contributed by atoms with E-state index in [9.17, 15) is 5.26 Å². The number of aromatic nitrogens is 4. The molecule has 3 N–H and O–H groups in total. The highest BCUT2D eigenvalue weighted by atomic mass is 15.1. The molecule has 0 radical (unpaired) electrons. The number of nitrogen functional groups attached to an aromatic ring is 1. The van der Waals surface area contributed by atoms with Gasteiger partial charge < -0.3 is 15.5 Å². The maximum atomic E-state index is 9.37. The van der Waals surface area contributed by atoms with Crippen LogP contribution in [0.5, 0.6) is 0 Å². The van der Waals surface area contributed by atoms with Crippen molar-refractivity contribution in [2.24, 2.45) is 0 Å². The molecule has 4 aromatic rings. The van der Waals surface area contributed by atoms with E-state index in [-0.39, 0.29) is 17.4 Å². The molecule has 4 aromatic heterocycles. The molecule has 7 nitrogen and oxygen atoms in total. The molecular formula is C20H17N7. The van der Waals surface area contributed by atoms with Crippen LogP contribution in [0.25, 0.3) is 16.9 Å². The van der Waals surface area contributed by atoms with Crippen molar-refractivity contribution in [1.82, 2.24) is 19.4 Å². The monoisotopic (exact) mass is 355 g/mol. The molecule has 27 heavy (non-hydrogen) atoms. The summed E-state index contributed by atoms with van der Waals surface area (Å²) in [5.41, 5.74) is 10.0. The highest BCUT2D eigenvalue weighted by molar-refractivity contribution is 5.71. The van der Waals surface area contributed by atoms with Gasteiger partial charge in [-0.05, 0) is 37.3 Å². The summed E-state index contributed by atoms with van der Waals surface area (Å²) in [6.45, 7) is 2.01. The predicted molar refractivity (Wildman–Crippen MR) is 104 cm³/mol. The molecule has 0 bridgehead atoms. The fourth-order valence-corrected chi connectivity index (χ4v) is 3.15. The van der Waals surface area contributed by atoms with Gasteiger partial charge in [0, 0.05) is 23.5 Å². The van der Waals surface area contributed by atoms with Gasteiger partial charge in [0.25, 0.3) is 0 Å². The third-order valence-corrected chi connectivity index (χ3v) is 4.42. The first-order valence-corrected chi connectivity index (χ1v) is 8.47. The van der Waals surface area contributed by atoms with E-state index in [4.69, 9.17) is 5.73 Å². The maximum Gasteiger partial charge on any atom is 0.150 e. The fourth-order valence-electron chi connectivity index (χ4n) is 3.15. The van der Waals surface area contributed by atoms with Crippen LogP contribution < -0.4 is 11.1 Å². The number of hydrogen-bond donors (Lipinski definition) is 2. The van der Waals surface area contributed by atoms with Gasteiger partial charge in [0.15, 0.2) is 0 Å². The molecule has 132 valence electrons. The lowest BCUT2D eigenvalue weighted by Crippen LogP contribution is -2.11. The lowest BCUT2D eigenvalue weighted by molar-refractivity contribution is 0.871. The third-order valence-electron chi connectivity index (χ3n) is 4.42. The summed E-state index contributed by atoms with van der Waals surface area (Å²) in [6.07, 6.45) is 5.14. The van der Waals surface area contributed by atoms with Crippen LogP contribution in [0.2, 0.25) is 0 Å². The van der Waals surface area contributed by atoms with Gasteiger partial charge >= 0.3 is 0 Å². The van der Waals surface area contributed by atoms with E-state index in [0.717, 1.165) is 22.5 Å². The summed E-state index contributed by atoms with van der Waals surface area (Å²) in [4.78, 5) is 12.6. The number of anilines is 2. The molecular weight excluding hydrogens is 338 g/mol. The Kier molecular flexibility index (Phi) is 4.15. The van der Waals surface area contributed by atoms with E-state index in [1.54, 1.807) is 6.20 Å². The number of nitrogens with one attached hydrogen (secondary N) is 1. The molecule has 0 aliphatic carbocycles. The molecule has 0 spiro atoms. The van der Waals surface area contributed by atoms with Gasteiger partial charge in [0.05, 0.1) is 17.4 Å². The predicted octanol–water partition coefficient (Wildman–Crippen LogP) is 3.42. The number of nitrogens with zero attached hydrogens (tertiary/aromatic N) is 5. The van der Waals surface area contributed by atoms with Gasteiger partial charge in [-0.15, -0.1) is 0 Å². The first-order chi connectivity index (χ1) is 13.2. The average molecular weight is 355 g/mol. The molecule has 7 heteroatoms. The van der Waals surface area contributed by atoms with E-state index < -0.39 is 0 Å². The lowest BCUT2D eigenvalue weighted by atomic mass is 10.1. The second-order valence-electron chi connectivity index (χ2n) is 6.12. The van der Waals surface area contributed by atoms with Crippen LogP contribution in [0.3, 0.4) is 0 Å². The van der Waals surface area contributed by atoms with Crippen molar-refractivity contribution < 1.29 is 0 Å². The van der Waals surface area contributed by atoms with Gasteiger partial charge in [-0.3, -0.25) is 4.98 Å². The van der Waals surface area contributed by atoms with Crippen LogP contribution in [0, 0.1) is 11.3 Å². The summed E-state index contributed by atoms with van der Waals surface area (Å²) in [5.74, 6) is 0.578. The Morgan fingerprint density at radius 3 is 2.78 bits per heavy atom. The standard InChI is InChI=1S/C20H17N7/c1-13(26-20-16(11-21)19(22)24-12-25-20)15-10-14-6-3-5-9-27(14)18(15)17-7-2-4-8-23-17/h2-10,12-13H,1H3,(H3,22,24,25,26). The Morgan fingerprint density at radius 1 is 1.15 bits per heavy atom. The van der Waals surface area contributed by atoms with Crippen molar-refractivity contribution in [3.05, 3.63) is 72.3 Å². The van der Waals surface area contributed by atoms with Gasteiger partial charge in [0.1, 0.15) is 29.6 Å². The Labute approximate surface area is 156 Å². The highest BCUT2D eigenvalue weighted by Crippen LogP contribution is 2.32. The number of hydrogen-bond acceptors (Lipinski definition) is 6. The van der Waals surface area contributed by atoms with E-state index in [2.05, 4.69) is 36.8 Å². The summed E-state index contributed by atoms with van der Waals surface area (Å²) in [5, 5.41) is 12.7. The van der Waals surface area contributed by atoms with E-state index >= 15 is 0 Å². The summed E-state index contributed by atoms with van der Waals surface area (Å²) >= 11 is 0. The molecule has 4 rings (SSSR count). The zero-order chi connectivity index (χ0) is 18.8. The van der Waals surface area contributed by atoms with E-state index in [1.807, 2.05) is 49.5 Å². The van der Waals surface area contributed by atoms with Crippen molar-refractivity contribution in [2.75, 3.05) is 11.1 Å². The van der Waals surface area contributed by atoms with E-state index in [1.165, 1.54) is 6.33 Å². The minimum atomic E-state index is -0.136. The minimum Gasteiger partial charge on any atom is -0.382 e. The van der Waals surface area contributed by atoms with Gasteiger partial charge in [-0.1, -0.05) is 12.1 Å². The van der Waals surface area contributed by atoms with Crippen LogP contribution in [0.1, 0.15) is 24.1 Å². The Bertz CT molecular complexity index is 1140. The summed E-state index contributed by atoms with van der Waals surface area (Å²) < 4.78 is 2.11. The SMILES string of the molecule is CC(Nc1ncnc(N)c1C#N)c1cc2ccccn2c1-c1ccccn1. The lowest BCUT2D eigenvalue weighted by Gasteiger charge is -2.17. The van der Waals surface area contributed by atoms with Crippen molar-refractivity contribution in [2.45, 2.75) is 13.0 Å². The second-order valence-corrected chi connectivity index (χ2v) is 6.12. The number of nitrogens with two attached hydrogens (primary N) is 1. The first kappa shape index (κ1) is 16.5. The Hall–Kier alpha value is -3.92. The van der Waals surface area contributed by atoms with Gasteiger partial charge in [-0.25, -0.2) is 9.97 Å². The zero-order valence-corrected chi connectivity index (χ0v) is 14.7. The van der Waals surface area contributed by atoms with E-state index in [0.29, 0.717) is 5.82 Å². The second kappa shape index (κ2) is 6.77. The topological polar surface area (TPSA) is 105 Å². The van der Waals surface area contributed by atoms with Gasteiger partial charge in [-0.2, -0.15) is 5.26 Å². The van der Waals surface area contributed by atoms with Crippen molar-refractivity contribution in [3.8, 4) is 17.5 Å². The normalized spacial score (nSPS) is 11.9. The molecule has 1 atom stereocenters. The van der Waals surface area contributed by atoms with Crippen molar-refractivity contribution >= 4 is 17.2 Å². The fraction of sp³-hybridized carbons (Fsp3) is 0.100. The number of nitriles is 1. The minimum absolute atomic E-state index is 0.136. The highest BCUT2D eigenvalue weighted by Gasteiger charge is 2.20. The van der Waals surface area contributed by atoms with Gasteiger partial charge in [0.2, 0.25) is 0 Å². The van der Waals surface area contributed by atoms with Crippen LogP contribution in [-0.2, 0) is 0 Å². The molecule has 1 unspecified atom stereocenters. The quantitative estimate of drug-likeness (QED) is 0.581. The number of fused-ring (bicyclic) bond motifs is 1. The van der Waals surface area contributed by atoms with Crippen LogP contribution >= 0.6 is 0 Å². The van der Waals surface area contributed by atoms with Crippen molar-refractivity contribution in [1.29, 1.82) is 5.26 Å². The van der Waals surface area contributed by atoms with Crippen LogP contribution in [0.15, 0.2) is 61.2 Å². The molecule has 0 aliphatic heterocycles. The Balaban J connectivity index is 1.82. The molecule has 0 saturated carbocycles. The molecule has 0 aliphatic rings. The largest absolute Gasteiger partial charge is 0.382 e. The van der Waals surface area contributed by atoms with Crippen LogP contribution in [0.4, 0.5) is 11.6 Å². The van der Waals surface area contributed by atoms with Crippen molar-refractivity contribution in [3.63, 3.8) is 0 Å². The molecule has 0 fully saturated rings. The molecule has 4 heterocycles.